The van der Waals surface area contributed by atoms with Crippen molar-refractivity contribution >= 4 is 6.08 Å². The number of aromatic hydroxyl groups is 1. The van der Waals surface area contributed by atoms with Crippen LogP contribution in [0.3, 0.4) is 0 Å². The van der Waals surface area contributed by atoms with Crippen molar-refractivity contribution in [2.24, 2.45) is 5.41 Å². The van der Waals surface area contributed by atoms with Crippen LogP contribution in [0.15, 0.2) is 60.3 Å². The van der Waals surface area contributed by atoms with Gasteiger partial charge in [-0.2, -0.15) is 5.10 Å². The van der Waals surface area contributed by atoms with E-state index in [1.165, 1.54) is 12.1 Å². The first-order valence-corrected chi connectivity index (χ1v) is 9.94. The molecule has 0 fully saturated rings. The summed E-state index contributed by atoms with van der Waals surface area (Å²) in [5.74, 6) is 5.64. The van der Waals surface area contributed by atoms with Crippen molar-refractivity contribution in [1.29, 1.82) is 0 Å². The number of hydrogen-bond acceptors (Lipinski definition) is 3. The van der Waals surface area contributed by atoms with Crippen molar-refractivity contribution in [3.05, 3.63) is 82.9 Å². The van der Waals surface area contributed by atoms with Gasteiger partial charge in [-0.3, -0.25) is 0 Å². The summed E-state index contributed by atoms with van der Waals surface area (Å²) in [7, 11) is 0. The number of halogens is 1. The molecule has 1 heterocycles. The molecule has 3 aromatic rings. The van der Waals surface area contributed by atoms with E-state index < -0.39 is 11.5 Å². The molecule has 1 aliphatic rings. The van der Waals surface area contributed by atoms with Gasteiger partial charge in [-0.25, -0.2) is 9.07 Å². The van der Waals surface area contributed by atoms with E-state index in [9.17, 15) is 14.6 Å². The van der Waals surface area contributed by atoms with Crippen LogP contribution < -0.4 is 0 Å². The molecule has 1 aromatic heterocycles. The van der Waals surface area contributed by atoms with Gasteiger partial charge in [0.1, 0.15) is 17.7 Å². The first-order chi connectivity index (χ1) is 14.4. The van der Waals surface area contributed by atoms with Gasteiger partial charge in [-0.05, 0) is 60.9 Å². The van der Waals surface area contributed by atoms with Crippen molar-refractivity contribution in [3.63, 3.8) is 0 Å². The standard InChI is InChI=1S/C25H23FN2O2/c1-3-19-14-22-18(16-27-28(22)21-11-9-20(26)10-12-21)15-25(19,2)24(30)13-8-17-6-4-5-7-23(17)29/h4-7,9-12,14,16,24,29-30H,3,15H2,1-2H3/t24-,25?/m0/s1. The molecule has 2 N–H and O–H groups in total. The Morgan fingerprint density at radius 1 is 1.20 bits per heavy atom. The van der Waals surface area contributed by atoms with Crippen molar-refractivity contribution in [1.82, 2.24) is 9.78 Å². The first-order valence-electron chi connectivity index (χ1n) is 9.94. The lowest BCUT2D eigenvalue weighted by Crippen LogP contribution is -2.37. The smallest absolute Gasteiger partial charge is 0.131 e. The predicted molar refractivity (Wildman–Crippen MR) is 115 cm³/mol. The van der Waals surface area contributed by atoms with Gasteiger partial charge in [0.05, 0.1) is 23.1 Å². The molecule has 1 unspecified atom stereocenters. The number of fused-ring (bicyclic) bond motifs is 1. The number of hydrogen-bond donors (Lipinski definition) is 2. The van der Waals surface area contributed by atoms with Crippen LogP contribution in [-0.4, -0.2) is 26.1 Å². The average molecular weight is 402 g/mol. The summed E-state index contributed by atoms with van der Waals surface area (Å²) in [6, 6.07) is 13.1. The Bertz CT molecular complexity index is 1170. The van der Waals surface area contributed by atoms with Crippen LogP contribution in [0.2, 0.25) is 0 Å². The summed E-state index contributed by atoms with van der Waals surface area (Å²) in [6.07, 6.45) is 4.27. The maximum Gasteiger partial charge on any atom is 0.131 e. The molecule has 0 saturated heterocycles. The number of benzene rings is 2. The number of aromatic nitrogens is 2. The molecule has 30 heavy (non-hydrogen) atoms. The third-order valence-electron chi connectivity index (χ3n) is 5.79. The zero-order chi connectivity index (χ0) is 21.3. The molecule has 0 spiro atoms. The van der Waals surface area contributed by atoms with Crippen LogP contribution in [0.1, 0.15) is 37.1 Å². The summed E-state index contributed by atoms with van der Waals surface area (Å²) < 4.78 is 15.1. The van der Waals surface area contributed by atoms with Gasteiger partial charge in [0.2, 0.25) is 0 Å². The molecule has 0 aliphatic heterocycles. The van der Waals surface area contributed by atoms with Crippen LogP contribution in [0.5, 0.6) is 5.75 Å². The summed E-state index contributed by atoms with van der Waals surface area (Å²) >= 11 is 0. The molecule has 4 rings (SSSR count). The highest BCUT2D eigenvalue weighted by Gasteiger charge is 2.39. The van der Waals surface area contributed by atoms with Crippen molar-refractivity contribution in [3.8, 4) is 23.3 Å². The molecule has 1 aliphatic carbocycles. The molecule has 2 atom stereocenters. The minimum Gasteiger partial charge on any atom is -0.507 e. The molecule has 2 aromatic carbocycles. The fourth-order valence-electron chi connectivity index (χ4n) is 3.97. The monoisotopic (exact) mass is 402 g/mol. The Morgan fingerprint density at radius 3 is 2.63 bits per heavy atom. The number of aliphatic hydroxyl groups excluding tert-OH is 1. The number of para-hydroxylation sites is 1. The van der Waals surface area contributed by atoms with Crippen LogP contribution in [-0.2, 0) is 6.42 Å². The van der Waals surface area contributed by atoms with Crippen molar-refractivity contribution in [2.45, 2.75) is 32.8 Å². The van der Waals surface area contributed by atoms with E-state index >= 15 is 0 Å². The molecule has 4 nitrogen and oxygen atoms in total. The number of phenols is 1. The topological polar surface area (TPSA) is 58.3 Å². The molecule has 5 heteroatoms. The number of rotatable bonds is 3. The van der Waals surface area contributed by atoms with Gasteiger partial charge >= 0.3 is 0 Å². The largest absolute Gasteiger partial charge is 0.507 e. The molecule has 0 bridgehead atoms. The maximum atomic E-state index is 13.3. The van der Waals surface area contributed by atoms with E-state index in [-0.39, 0.29) is 11.6 Å². The van der Waals surface area contributed by atoms with Gasteiger partial charge in [0.15, 0.2) is 0 Å². The second-order valence-electron chi connectivity index (χ2n) is 7.75. The number of phenolic OH excluding ortho intramolecular Hbond substituents is 1. The van der Waals surface area contributed by atoms with E-state index in [4.69, 9.17) is 0 Å². The van der Waals surface area contributed by atoms with E-state index in [0.29, 0.717) is 12.0 Å². The normalized spacial score (nSPS) is 18.7. The minimum atomic E-state index is -0.911. The third-order valence-corrected chi connectivity index (χ3v) is 5.79. The number of aliphatic hydroxyl groups is 1. The van der Waals surface area contributed by atoms with Crippen LogP contribution in [0.4, 0.5) is 4.39 Å². The zero-order valence-electron chi connectivity index (χ0n) is 16.9. The second kappa shape index (κ2) is 7.81. The van der Waals surface area contributed by atoms with Gasteiger partial charge in [-0.15, -0.1) is 0 Å². The maximum absolute atomic E-state index is 13.3. The van der Waals surface area contributed by atoms with E-state index in [0.717, 1.165) is 28.9 Å². The van der Waals surface area contributed by atoms with E-state index in [2.05, 4.69) is 29.9 Å². The molecule has 152 valence electrons. The van der Waals surface area contributed by atoms with Gasteiger partial charge in [-0.1, -0.05) is 43.4 Å². The quantitative estimate of drug-likeness (QED) is 0.635. The van der Waals surface area contributed by atoms with Crippen LogP contribution >= 0.6 is 0 Å². The number of nitrogens with zero attached hydrogens (tertiary/aromatic N) is 2. The van der Waals surface area contributed by atoms with Crippen molar-refractivity contribution in [2.75, 3.05) is 0 Å². The molecule has 0 radical (unpaired) electrons. The zero-order valence-corrected chi connectivity index (χ0v) is 16.9. The van der Waals surface area contributed by atoms with Crippen LogP contribution in [0, 0.1) is 23.1 Å². The fourth-order valence-corrected chi connectivity index (χ4v) is 3.97. The lowest BCUT2D eigenvalue weighted by Gasteiger charge is -2.37. The molecular formula is C25H23FN2O2. The Balaban J connectivity index is 1.69. The lowest BCUT2D eigenvalue weighted by atomic mass is 9.68. The Kier molecular flexibility index (Phi) is 5.19. The Hall–Kier alpha value is -3.36. The van der Waals surface area contributed by atoms with Crippen LogP contribution in [0.25, 0.3) is 11.8 Å². The molecular weight excluding hydrogens is 379 g/mol. The molecule has 0 saturated carbocycles. The SMILES string of the molecule is CCC1=Cc2c(cnn2-c2ccc(F)cc2)CC1(C)[C@@H](O)C#Cc1ccccc1O. The van der Waals surface area contributed by atoms with Crippen molar-refractivity contribution < 1.29 is 14.6 Å². The third kappa shape index (κ3) is 3.51. The van der Waals surface area contributed by atoms with E-state index in [1.807, 2.05) is 6.92 Å². The highest BCUT2D eigenvalue weighted by molar-refractivity contribution is 5.61. The minimum absolute atomic E-state index is 0.0973. The van der Waals surface area contributed by atoms with Gasteiger partial charge in [0.25, 0.3) is 0 Å². The second-order valence-corrected chi connectivity index (χ2v) is 7.75. The summed E-state index contributed by atoms with van der Waals surface area (Å²) in [6.45, 7) is 4.06. The highest BCUT2D eigenvalue weighted by Crippen LogP contribution is 2.43. The Labute approximate surface area is 175 Å². The highest BCUT2D eigenvalue weighted by atomic mass is 19.1. The molecule has 0 amide bonds. The predicted octanol–water partition coefficient (Wildman–Crippen LogP) is 4.49. The lowest BCUT2D eigenvalue weighted by molar-refractivity contribution is 0.109. The first kappa shape index (κ1) is 19.9. The summed E-state index contributed by atoms with van der Waals surface area (Å²) in [5.41, 5.74) is 3.71. The Morgan fingerprint density at radius 2 is 1.93 bits per heavy atom. The van der Waals surface area contributed by atoms with Gasteiger partial charge in [0, 0.05) is 5.41 Å². The summed E-state index contributed by atoms with van der Waals surface area (Å²) in [5, 5.41) is 25.4. The average Bonchev–Trinajstić information content (AvgIpc) is 3.15. The van der Waals surface area contributed by atoms with Gasteiger partial charge < -0.3 is 10.2 Å². The van der Waals surface area contributed by atoms with E-state index in [1.54, 1.807) is 47.3 Å². The fraction of sp³-hybridized carbons (Fsp3) is 0.240. The summed E-state index contributed by atoms with van der Waals surface area (Å²) in [4.78, 5) is 0.